The lowest BCUT2D eigenvalue weighted by Gasteiger charge is -1.97. The lowest BCUT2D eigenvalue weighted by Crippen LogP contribution is -1.99. The van der Waals surface area contributed by atoms with Crippen LogP contribution in [0, 0.1) is 0 Å². The van der Waals surface area contributed by atoms with Crippen molar-refractivity contribution < 1.29 is 29.3 Å². The van der Waals surface area contributed by atoms with Gasteiger partial charge in [-0.2, -0.15) is 0 Å². The second-order valence-corrected chi connectivity index (χ2v) is 6.64. The third-order valence-electron chi connectivity index (χ3n) is 4.45. The molecule has 0 saturated carbocycles. The summed E-state index contributed by atoms with van der Waals surface area (Å²) in [5, 5.41) is 19.2. The predicted octanol–water partition coefficient (Wildman–Crippen LogP) is 3.61. The summed E-state index contributed by atoms with van der Waals surface area (Å²) in [6, 6.07) is 14.8. The molecular weight excluding hydrogens is 388 g/mol. The van der Waals surface area contributed by atoms with Crippen molar-refractivity contribution in [3.63, 3.8) is 0 Å². The Kier molecular flexibility index (Phi) is 6.26. The maximum Gasteiger partial charge on any atom is 0.309 e. The monoisotopic (exact) mass is 410 g/mol. The van der Waals surface area contributed by atoms with Crippen LogP contribution in [0.3, 0.4) is 0 Å². The minimum absolute atomic E-state index is 0.0109. The standard InChI is InChI=1S/2C11H11NO3/c2*1-15-9-2-3-10-7(5-9)4-8(12-10)6-11(13)14/h2*2-5,12H,6H2,1H3,(H,13,14). The molecule has 0 atom stereocenters. The van der Waals surface area contributed by atoms with E-state index in [1.807, 2.05) is 48.5 Å². The van der Waals surface area contributed by atoms with Gasteiger partial charge in [0.2, 0.25) is 0 Å². The van der Waals surface area contributed by atoms with Crippen LogP contribution in [0.2, 0.25) is 0 Å². The zero-order chi connectivity index (χ0) is 21.7. The van der Waals surface area contributed by atoms with Crippen LogP contribution in [0.15, 0.2) is 48.5 Å². The van der Waals surface area contributed by atoms with Gasteiger partial charge in [0.05, 0.1) is 27.1 Å². The van der Waals surface area contributed by atoms with E-state index in [1.165, 1.54) is 0 Å². The molecule has 0 aliphatic heterocycles. The van der Waals surface area contributed by atoms with Crippen molar-refractivity contribution in [3.8, 4) is 11.5 Å². The Labute approximate surface area is 172 Å². The molecule has 0 aliphatic carbocycles. The van der Waals surface area contributed by atoms with Crippen LogP contribution in [0.25, 0.3) is 21.8 Å². The highest BCUT2D eigenvalue weighted by atomic mass is 16.5. The molecule has 8 nitrogen and oxygen atoms in total. The molecule has 2 aromatic carbocycles. The Morgan fingerprint density at radius 3 is 1.47 bits per heavy atom. The molecule has 30 heavy (non-hydrogen) atoms. The number of carboxylic acid groups (broad SMARTS) is 2. The summed E-state index contributed by atoms with van der Waals surface area (Å²) in [7, 11) is 3.21. The maximum absolute atomic E-state index is 10.5. The number of H-pyrrole nitrogens is 2. The summed E-state index contributed by atoms with van der Waals surface area (Å²) in [6.45, 7) is 0. The third kappa shape index (κ3) is 5.11. The second kappa shape index (κ2) is 9.04. The zero-order valence-electron chi connectivity index (χ0n) is 16.6. The third-order valence-corrected chi connectivity index (χ3v) is 4.45. The summed E-state index contributed by atoms with van der Waals surface area (Å²) in [4.78, 5) is 27.1. The fourth-order valence-electron chi connectivity index (χ4n) is 3.11. The van der Waals surface area contributed by atoms with Gasteiger partial charge in [0.15, 0.2) is 0 Å². The molecule has 2 aromatic heterocycles. The van der Waals surface area contributed by atoms with E-state index in [1.54, 1.807) is 14.2 Å². The van der Waals surface area contributed by atoms with E-state index >= 15 is 0 Å². The van der Waals surface area contributed by atoms with Crippen LogP contribution in [0.5, 0.6) is 11.5 Å². The molecular formula is C22H22N2O6. The Morgan fingerprint density at radius 1 is 0.733 bits per heavy atom. The fourth-order valence-corrected chi connectivity index (χ4v) is 3.11. The number of hydrogen-bond donors (Lipinski definition) is 4. The summed E-state index contributed by atoms with van der Waals surface area (Å²) in [5.41, 5.74) is 3.25. The van der Waals surface area contributed by atoms with Gasteiger partial charge in [0.1, 0.15) is 11.5 Å². The first-order chi connectivity index (χ1) is 14.4. The molecule has 2 heterocycles. The highest BCUT2D eigenvalue weighted by Gasteiger charge is 2.06. The normalized spacial score (nSPS) is 10.5. The van der Waals surface area contributed by atoms with Crippen LogP contribution < -0.4 is 9.47 Å². The number of rotatable bonds is 6. The van der Waals surface area contributed by atoms with E-state index in [9.17, 15) is 9.59 Å². The van der Waals surface area contributed by atoms with Gasteiger partial charge in [-0.15, -0.1) is 0 Å². The van der Waals surface area contributed by atoms with Crippen molar-refractivity contribution in [2.24, 2.45) is 0 Å². The number of carbonyl (C=O) groups is 2. The predicted molar refractivity (Wildman–Crippen MR) is 112 cm³/mol. The maximum atomic E-state index is 10.5. The van der Waals surface area contributed by atoms with Gasteiger partial charge in [-0.3, -0.25) is 9.59 Å². The summed E-state index contributed by atoms with van der Waals surface area (Å²) in [5.74, 6) is -0.145. The molecule has 0 spiro atoms. The van der Waals surface area contributed by atoms with Crippen molar-refractivity contribution >= 4 is 33.7 Å². The van der Waals surface area contributed by atoms with Gasteiger partial charge in [0.25, 0.3) is 0 Å². The van der Waals surface area contributed by atoms with Crippen molar-refractivity contribution in [2.45, 2.75) is 12.8 Å². The van der Waals surface area contributed by atoms with Crippen molar-refractivity contribution in [1.29, 1.82) is 0 Å². The summed E-state index contributed by atoms with van der Waals surface area (Å²) >= 11 is 0. The summed E-state index contributed by atoms with van der Waals surface area (Å²) < 4.78 is 10.2. The molecule has 0 amide bonds. The minimum Gasteiger partial charge on any atom is -0.497 e. The first-order valence-corrected chi connectivity index (χ1v) is 9.13. The SMILES string of the molecule is COc1ccc2[nH]c(CC(=O)O)cc2c1.COc1ccc2[nH]c(CC(=O)O)cc2c1. The highest BCUT2D eigenvalue weighted by Crippen LogP contribution is 2.22. The first kappa shape index (κ1) is 20.8. The largest absolute Gasteiger partial charge is 0.497 e. The average molecular weight is 410 g/mol. The van der Waals surface area contributed by atoms with Crippen LogP contribution in [0.4, 0.5) is 0 Å². The average Bonchev–Trinajstić information content (AvgIpc) is 3.28. The number of aromatic amines is 2. The lowest BCUT2D eigenvalue weighted by molar-refractivity contribution is -0.137. The first-order valence-electron chi connectivity index (χ1n) is 9.13. The number of nitrogens with one attached hydrogen (secondary N) is 2. The van der Waals surface area contributed by atoms with E-state index < -0.39 is 11.9 Å². The van der Waals surface area contributed by atoms with E-state index in [0.717, 1.165) is 33.3 Å². The molecule has 4 rings (SSSR count). The smallest absolute Gasteiger partial charge is 0.309 e. The number of carboxylic acids is 2. The van der Waals surface area contributed by atoms with Gasteiger partial charge in [-0.1, -0.05) is 0 Å². The fraction of sp³-hybridized carbons (Fsp3) is 0.182. The van der Waals surface area contributed by atoms with Crippen LogP contribution in [-0.2, 0) is 22.4 Å². The van der Waals surface area contributed by atoms with E-state index in [0.29, 0.717) is 11.4 Å². The number of ether oxygens (including phenoxy) is 2. The Hall–Kier alpha value is -3.94. The van der Waals surface area contributed by atoms with Crippen LogP contribution >= 0.6 is 0 Å². The topological polar surface area (TPSA) is 125 Å². The number of benzene rings is 2. The number of methoxy groups -OCH3 is 2. The quantitative estimate of drug-likeness (QED) is 0.385. The molecule has 0 saturated heterocycles. The van der Waals surface area contributed by atoms with Gasteiger partial charge in [0, 0.05) is 33.2 Å². The number of hydrogen-bond acceptors (Lipinski definition) is 4. The van der Waals surface area contributed by atoms with Gasteiger partial charge >= 0.3 is 11.9 Å². The second-order valence-electron chi connectivity index (χ2n) is 6.64. The molecule has 0 bridgehead atoms. The Balaban J connectivity index is 0.000000171. The van der Waals surface area contributed by atoms with E-state index in [4.69, 9.17) is 19.7 Å². The zero-order valence-corrected chi connectivity index (χ0v) is 16.6. The number of fused-ring (bicyclic) bond motifs is 2. The van der Waals surface area contributed by atoms with Crippen LogP contribution in [0.1, 0.15) is 11.4 Å². The van der Waals surface area contributed by atoms with E-state index in [2.05, 4.69) is 9.97 Å². The van der Waals surface area contributed by atoms with Gasteiger partial charge in [-0.25, -0.2) is 0 Å². The van der Waals surface area contributed by atoms with Gasteiger partial charge in [-0.05, 0) is 48.5 Å². The van der Waals surface area contributed by atoms with Crippen molar-refractivity contribution in [2.75, 3.05) is 14.2 Å². The summed E-state index contributed by atoms with van der Waals surface area (Å²) in [6.07, 6.45) is 0.0218. The Bertz CT molecular complexity index is 1100. The number of aromatic nitrogens is 2. The molecule has 8 heteroatoms. The Morgan fingerprint density at radius 2 is 1.13 bits per heavy atom. The molecule has 156 valence electrons. The highest BCUT2D eigenvalue weighted by molar-refractivity contribution is 5.84. The number of aliphatic carboxylic acids is 2. The molecule has 4 aromatic rings. The molecule has 0 radical (unpaired) electrons. The molecule has 4 N–H and O–H groups in total. The van der Waals surface area contributed by atoms with Gasteiger partial charge < -0.3 is 29.7 Å². The molecule has 0 fully saturated rings. The van der Waals surface area contributed by atoms with E-state index in [-0.39, 0.29) is 12.8 Å². The van der Waals surface area contributed by atoms with Crippen molar-refractivity contribution in [1.82, 2.24) is 9.97 Å². The minimum atomic E-state index is -0.839. The lowest BCUT2D eigenvalue weighted by atomic mass is 10.2. The molecule has 0 aliphatic rings. The van der Waals surface area contributed by atoms with Crippen molar-refractivity contribution in [3.05, 3.63) is 59.9 Å². The molecule has 0 unspecified atom stereocenters. The van der Waals surface area contributed by atoms with Crippen LogP contribution in [-0.4, -0.2) is 46.3 Å².